The van der Waals surface area contributed by atoms with Gasteiger partial charge in [0.1, 0.15) is 0 Å². The number of fused-ring (bicyclic) bond motifs is 1. The van der Waals surface area contributed by atoms with E-state index in [0.29, 0.717) is 34.8 Å². The first-order chi connectivity index (χ1) is 11.6. The molecule has 1 saturated heterocycles. The highest BCUT2D eigenvalue weighted by molar-refractivity contribution is 5.93. The van der Waals surface area contributed by atoms with Gasteiger partial charge >= 0.3 is 0 Å². The first kappa shape index (κ1) is 15.1. The summed E-state index contributed by atoms with van der Waals surface area (Å²) in [5.41, 5.74) is 1.16. The van der Waals surface area contributed by atoms with E-state index in [9.17, 15) is 4.79 Å². The molecule has 2 aromatic rings. The molecule has 1 amide bonds. The van der Waals surface area contributed by atoms with Crippen LogP contribution in [0.5, 0.6) is 11.5 Å². The Morgan fingerprint density at radius 3 is 2.67 bits per heavy atom. The second-order valence-corrected chi connectivity index (χ2v) is 6.80. The van der Waals surface area contributed by atoms with Crippen LogP contribution >= 0.6 is 0 Å². The molecule has 0 radical (unpaired) electrons. The van der Waals surface area contributed by atoms with Gasteiger partial charge in [0.25, 0.3) is 5.91 Å². The van der Waals surface area contributed by atoms with Gasteiger partial charge in [0, 0.05) is 24.7 Å². The summed E-state index contributed by atoms with van der Waals surface area (Å²) >= 11 is 0. The molecule has 2 aliphatic rings. The summed E-state index contributed by atoms with van der Waals surface area (Å²) in [6.07, 6.45) is 1.16. The number of benzene rings is 1. The number of aromatic nitrogens is 1. The van der Waals surface area contributed by atoms with E-state index in [2.05, 4.69) is 19.0 Å². The van der Waals surface area contributed by atoms with E-state index in [4.69, 9.17) is 14.0 Å². The predicted molar refractivity (Wildman–Crippen MR) is 86.9 cm³/mol. The molecule has 0 N–H and O–H groups in total. The van der Waals surface area contributed by atoms with Gasteiger partial charge in [-0.2, -0.15) is 0 Å². The number of nitrogens with zero attached hydrogens (tertiary/aromatic N) is 2. The van der Waals surface area contributed by atoms with E-state index >= 15 is 0 Å². The van der Waals surface area contributed by atoms with Crippen molar-refractivity contribution in [3.05, 3.63) is 30.0 Å². The summed E-state index contributed by atoms with van der Waals surface area (Å²) in [6, 6.07) is 7.23. The molecule has 126 valence electrons. The average molecular weight is 328 g/mol. The quantitative estimate of drug-likeness (QED) is 0.847. The van der Waals surface area contributed by atoms with Crippen molar-refractivity contribution in [2.75, 3.05) is 19.9 Å². The molecule has 24 heavy (non-hydrogen) atoms. The van der Waals surface area contributed by atoms with Gasteiger partial charge in [-0.25, -0.2) is 0 Å². The van der Waals surface area contributed by atoms with Crippen molar-refractivity contribution in [3.8, 4) is 22.8 Å². The third-order valence-electron chi connectivity index (χ3n) is 4.54. The molecule has 2 aliphatic heterocycles. The second-order valence-electron chi connectivity index (χ2n) is 6.80. The van der Waals surface area contributed by atoms with E-state index in [-0.39, 0.29) is 12.7 Å². The minimum Gasteiger partial charge on any atom is -0.454 e. The number of carbonyl (C=O) groups is 1. The van der Waals surface area contributed by atoms with E-state index in [0.717, 1.165) is 25.1 Å². The van der Waals surface area contributed by atoms with Gasteiger partial charge in [-0.3, -0.25) is 4.79 Å². The van der Waals surface area contributed by atoms with Crippen molar-refractivity contribution in [1.82, 2.24) is 10.1 Å². The van der Waals surface area contributed by atoms with Crippen molar-refractivity contribution < 1.29 is 18.8 Å². The van der Waals surface area contributed by atoms with Crippen molar-refractivity contribution >= 4 is 5.91 Å². The lowest BCUT2D eigenvalue weighted by Gasteiger charge is -2.34. The van der Waals surface area contributed by atoms with Crippen molar-refractivity contribution in [2.24, 2.45) is 11.8 Å². The molecule has 1 aromatic carbocycles. The largest absolute Gasteiger partial charge is 0.454 e. The Morgan fingerprint density at radius 2 is 1.88 bits per heavy atom. The van der Waals surface area contributed by atoms with E-state index in [1.54, 1.807) is 6.07 Å². The fourth-order valence-electron chi connectivity index (χ4n) is 3.55. The van der Waals surface area contributed by atoms with Gasteiger partial charge in [0.15, 0.2) is 23.0 Å². The predicted octanol–water partition coefficient (Wildman–Crippen LogP) is 3.19. The molecule has 0 unspecified atom stereocenters. The lowest BCUT2D eigenvalue weighted by Crippen LogP contribution is -2.42. The van der Waals surface area contributed by atoms with Crippen LogP contribution in [0.4, 0.5) is 0 Å². The number of rotatable bonds is 2. The zero-order valence-corrected chi connectivity index (χ0v) is 13.8. The summed E-state index contributed by atoms with van der Waals surface area (Å²) in [7, 11) is 0. The van der Waals surface area contributed by atoms with Crippen molar-refractivity contribution in [3.63, 3.8) is 0 Å². The molecule has 2 atom stereocenters. The molecule has 1 aromatic heterocycles. The third kappa shape index (κ3) is 2.72. The van der Waals surface area contributed by atoms with Crippen LogP contribution in [0.3, 0.4) is 0 Å². The van der Waals surface area contributed by atoms with Crippen molar-refractivity contribution in [2.45, 2.75) is 20.3 Å². The standard InChI is InChI=1S/C18H20N2O4/c1-11-5-12(2)9-20(8-11)18(21)14-7-16(24-19-14)13-3-4-15-17(6-13)23-10-22-15/h3-4,6-7,11-12H,5,8-10H2,1-2H3/t11-,12-/m1/s1. The molecule has 6 heteroatoms. The first-order valence-electron chi connectivity index (χ1n) is 8.26. The molecule has 4 rings (SSSR count). The summed E-state index contributed by atoms with van der Waals surface area (Å²) in [6.45, 7) is 6.13. The minimum atomic E-state index is -0.0656. The maximum absolute atomic E-state index is 12.7. The van der Waals surface area contributed by atoms with Crippen LogP contribution < -0.4 is 9.47 Å². The molecule has 6 nitrogen and oxygen atoms in total. The van der Waals surface area contributed by atoms with Gasteiger partial charge in [-0.15, -0.1) is 0 Å². The lowest BCUT2D eigenvalue weighted by atomic mass is 9.92. The highest BCUT2D eigenvalue weighted by Crippen LogP contribution is 2.36. The van der Waals surface area contributed by atoms with E-state index in [1.165, 1.54) is 0 Å². The topological polar surface area (TPSA) is 64.8 Å². The molecule has 0 spiro atoms. The van der Waals surface area contributed by atoms with Gasteiger partial charge in [-0.05, 0) is 36.5 Å². The third-order valence-corrected chi connectivity index (χ3v) is 4.54. The zero-order valence-electron chi connectivity index (χ0n) is 13.8. The van der Waals surface area contributed by atoms with E-state index < -0.39 is 0 Å². The summed E-state index contributed by atoms with van der Waals surface area (Å²) in [4.78, 5) is 14.6. The van der Waals surface area contributed by atoms with Crippen LogP contribution in [0.2, 0.25) is 0 Å². The molecular formula is C18H20N2O4. The molecule has 3 heterocycles. The summed E-state index contributed by atoms with van der Waals surface area (Å²) in [5.74, 6) is 2.90. The number of hydrogen-bond acceptors (Lipinski definition) is 5. The Balaban J connectivity index is 1.55. The zero-order chi connectivity index (χ0) is 16.7. The fourth-order valence-corrected chi connectivity index (χ4v) is 3.55. The Morgan fingerprint density at radius 1 is 1.12 bits per heavy atom. The van der Waals surface area contributed by atoms with Gasteiger partial charge in [0.2, 0.25) is 6.79 Å². The van der Waals surface area contributed by atoms with Crippen LogP contribution in [0.15, 0.2) is 28.8 Å². The highest BCUT2D eigenvalue weighted by atomic mass is 16.7. The van der Waals surface area contributed by atoms with Gasteiger partial charge < -0.3 is 18.9 Å². The monoisotopic (exact) mass is 328 g/mol. The van der Waals surface area contributed by atoms with E-state index in [1.807, 2.05) is 23.1 Å². The Bertz CT molecular complexity index is 760. The number of carbonyl (C=O) groups excluding carboxylic acids is 1. The lowest BCUT2D eigenvalue weighted by molar-refractivity contribution is 0.0613. The average Bonchev–Trinajstić information content (AvgIpc) is 3.21. The highest BCUT2D eigenvalue weighted by Gasteiger charge is 2.28. The number of hydrogen-bond donors (Lipinski definition) is 0. The maximum Gasteiger partial charge on any atom is 0.276 e. The molecular weight excluding hydrogens is 308 g/mol. The number of ether oxygens (including phenoxy) is 2. The molecule has 0 saturated carbocycles. The minimum absolute atomic E-state index is 0.0656. The van der Waals surface area contributed by atoms with Gasteiger partial charge in [0.05, 0.1) is 0 Å². The Hall–Kier alpha value is -2.50. The molecule has 0 bridgehead atoms. The van der Waals surface area contributed by atoms with Crippen LogP contribution in [-0.4, -0.2) is 35.8 Å². The summed E-state index contributed by atoms with van der Waals surface area (Å²) in [5, 5.41) is 3.97. The van der Waals surface area contributed by atoms with Crippen LogP contribution in [-0.2, 0) is 0 Å². The fraction of sp³-hybridized carbons (Fsp3) is 0.444. The normalized spacial score (nSPS) is 22.7. The SMILES string of the molecule is C[C@@H]1C[C@@H](C)CN(C(=O)c2cc(-c3ccc4c(c3)OCO4)on2)C1. The number of amides is 1. The molecule has 0 aliphatic carbocycles. The Labute approximate surface area is 140 Å². The van der Waals surface area contributed by atoms with Gasteiger partial charge in [-0.1, -0.05) is 19.0 Å². The Kier molecular flexibility index (Phi) is 3.67. The second kappa shape index (κ2) is 5.85. The van der Waals surface area contributed by atoms with Crippen LogP contribution in [0.1, 0.15) is 30.8 Å². The van der Waals surface area contributed by atoms with Crippen LogP contribution in [0.25, 0.3) is 11.3 Å². The number of piperidine rings is 1. The van der Waals surface area contributed by atoms with Crippen LogP contribution in [0, 0.1) is 11.8 Å². The maximum atomic E-state index is 12.7. The smallest absolute Gasteiger partial charge is 0.276 e. The molecule has 1 fully saturated rings. The number of likely N-dealkylation sites (tertiary alicyclic amines) is 1. The van der Waals surface area contributed by atoms with Crippen molar-refractivity contribution in [1.29, 1.82) is 0 Å². The summed E-state index contributed by atoms with van der Waals surface area (Å²) < 4.78 is 16.1. The first-order valence-corrected chi connectivity index (χ1v) is 8.26.